The van der Waals surface area contributed by atoms with Crippen molar-refractivity contribution in [1.82, 2.24) is 19.7 Å². The van der Waals surface area contributed by atoms with Gasteiger partial charge in [-0.25, -0.2) is 17.8 Å². The van der Waals surface area contributed by atoms with Crippen LogP contribution in [0.5, 0.6) is 5.75 Å². The lowest BCUT2D eigenvalue weighted by Gasteiger charge is -2.14. The van der Waals surface area contributed by atoms with Gasteiger partial charge in [0, 0.05) is 23.2 Å². The third kappa shape index (κ3) is 3.84. The maximum atomic E-state index is 14.9. The second kappa shape index (κ2) is 8.66. The highest BCUT2D eigenvalue weighted by Crippen LogP contribution is 2.37. The van der Waals surface area contributed by atoms with Crippen LogP contribution >= 0.6 is 0 Å². The van der Waals surface area contributed by atoms with Gasteiger partial charge in [0.1, 0.15) is 17.1 Å². The molecule has 0 bridgehead atoms. The van der Waals surface area contributed by atoms with Crippen LogP contribution in [0.25, 0.3) is 33.4 Å². The number of aromatic nitrogens is 4. The first-order valence-electron chi connectivity index (χ1n) is 10.4. The summed E-state index contributed by atoms with van der Waals surface area (Å²) < 4.78 is 47.1. The molecule has 0 atom stereocenters. The van der Waals surface area contributed by atoms with E-state index in [1.54, 1.807) is 44.6 Å². The zero-order chi connectivity index (χ0) is 22.9. The van der Waals surface area contributed by atoms with Gasteiger partial charge in [-0.3, -0.25) is 0 Å². The molecule has 0 saturated heterocycles. The molecule has 32 heavy (non-hydrogen) atoms. The Balaban J connectivity index is 1.88. The Morgan fingerprint density at radius 2 is 1.84 bits per heavy atom. The van der Waals surface area contributed by atoms with Crippen LogP contribution in [0.4, 0.5) is 4.39 Å². The lowest BCUT2D eigenvalue weighted by atomic mass is 9.98. The molecule has 2 aromatic heterocycles. The van der Waals surface area contributed by atoms with Gasteiger partial charge < -0.3 is 9.30 Å². The number of hydrogen-bond acceptors (Lipinski definition) is 6. The number of fused-ring (bicyclic) bond motifs is 1. The molecule has 2 heterocycles. The molecule has 4 aromatic rings. The molecule has 0 saturated carbocycles. The van der Waals surface area contributed by atoms with E-state index in [2.05, 4.69) is 15.2 Å². The highest BCUT2D eigenvalue weighted by Gasteiger charge is 2.19. The summed E-state index contributed by atoms with van der Waals surface area (Å²) in [6, 6.07) is 9.26. The van der Waals surface area contributed by atoms with Gasteiger partial charge in [0.25, 0.3) is 0 Å². The minimum Gasteiger partial charge on any atom is -0.493 e. The molecule has 0 aliphatic heterocycles. The fourth-order valence-corrected chi connectivity index (χ4v) is 4.47. The summed E-state index contributed by atoms with van der Waals surface area (Å²) in [5, 5.41) is 8.27. The first-order chi connectivity index (χ1) is 15.4. The summed E-state index contributed by atoms with van der Waals surface area (Å²) in [6.07, 6.45) is 3.31. The van der Waals surface area contributed by atoms with Crippen LogP contribution in [0, 0.1) is 5.82 Å². The van der Waals surface area contributed by atoms with E-state index in [-0.39, 0.29) is 10.6 Å². The van der Waals surface area contributed by atoms with Crippen molar-refractivity contribution in [3.05, 3.63) is 54.7 Å². The highest BCUT2D eigenvalue weighted by atomic mass is 32.2. The molecule has 0 aliphatic rings. The fraction of sp³-hybridized carbons (Fsp3) is 0.261. The van der Waals surface area contributed by atoms with Gasteiger partial charge >= 0.3 is 0 Å². The Kier molecular flexibility index (Phi) is 5.92. The van der Waals surface area contributed by atoms with E-state index in [1.165, 1.54) is 18.2 Å². The average Bonchev–Trinajstić information content (AvgIpc) is 3.23. The van der Waals surface area contributed by atoms with E-state index >= 15 is 0 Å². The lowest BCUT2D eigenvalue weighted by molar-refractivity contribution is 0.340. The molecule has 9 heteroatoms. The minimum absolute atomic E-state index is 0.0305. The lowest BCUT2D eigenvalue weighted by Crippen LogP contribution is -2.05. The third-order valence-electron chi connectivity index (χ3n) is 5.30. The highest BCUT2D eigenvalue weighted by molar-refractivity contribution is 7.91. The SMILES string of the molecule is CCOc1cc(S(=O)(=O)CC)ccc1-c1cc(-c2cnnc3c2ncn3CC)ccc1F. The van der Waals surface area contributed by atoms with Crippen molar-refractivity contribution in [2.75, 3.05) is 12.4 Å². The van der Waals surface area contributed by atoms with Crippen LogP contribution in [0.1, 0.15) is 20.8 Å². The molecular formula is C23H23FN4O3S. The summed E-state index contributed by atoms with van der Waals surface area (Å²) in [7, 11) is -3.42. The molecule has 0 spiro atoms. The molecule has 0 fully saturated rings. The van der Waals surface area contributed by atoms with Gasteiger partial charge in [-0.05, 0) is 49.7 Å². The molecule has 166 valence electrons. The van der Waals surface area contributed by atoms with Crippen LogP contribution in [-0.4, -0.2) is 40.5 Å². The van der Waals surface area contributed by atoms with Gasteiger partial charge in [-0.2, -0.15) is 5.10 Å². The van der Waals surface area contributed by atoms with Gasteiger partial charge in [0.2, 0.25) is 0 Å². The summed E-state index contributed by atoms with van der Waals surface area (Å²) in [5.41, 5.74) is 3.54. The minimum atomic E-state index is -3.42. The number of nitrogens with zero attached hydrogens (tertiary/aromatic N) is 4. The quantitative estimate of drug-likeness (QED) is 0.408. The molecule has 4 rings (SSSR count). The van der Waals surface area contributed by atoms with Gasteiger partial charge in [-0.1, -0.05) is 13.0 Å². The van der Waals surface area contributed by atoms with Crippen molar-refractivity contribution in [3.8, 4) is 28.0 Å². The summed E-state index contributed by atoms with van der Waals surface area (Å²) >= 11 is 0. The van der Waals surface area contributed by atoms with Crippen LogP contribution in [-0.2, 0) is 16.4 Å². The van der Waals surface area contributed by atoms with Crippen molar-refractivity contribution in [2.45, 2.75) is 32.2 Å². The second-order valence-corrected chi connectivity index (χ2v) is 9.43. The Morgan fingerprint density at radius 3 is 2.56 bits per heavy atom. The number of imidazole rings is 1. The van der Waals surface area contributed by atoms with E-state index in [0.29, 0.717) is 41.2 Å². The number of rotatable bonds is 7. The van der Waals surface area contributed by atoms with Crippen molar-refractivity contribution in [1.29, 1.82) is 0 Å². The van der Waals surface area contributed by atoms with Crippen LogP contribution in [0.15, 0.2) is 53.8 Å². The molecule has 2 aromatic carbocycles. The predicted octanol–water partition coefficient (Wildman–Crippen LogP) is 4.51. The molecule has 7 nitrogen and oxygen atoms in total. The van der Waals surface area contributed by atoms with Crippen LogP contribution in [0.2, 0.25) is 0 Å². The third-order valence-corrected chi connectivity index (χ3v) is 7.04. The number of benzene rings is 2. The van der Waals surface area contributed by atoms with E-state index in [9.17, 15) is 12.8 Å². The number of aryl methyl sites for hydroxylation is 1. The van der Waals surface area contributed by atoms with Gasteiger partial charge in [0.15, 0.2) is 15.5 Å². The van der Waals surface area contributed by atoms with Gasteiger partial charge in [0.05, 0.1) is 29.8 Å². The Labute approximate surface area is 185 Å². The summed E-state index contributed by atoms with van der Waals surface area (Å²) in [6.45, 7) is 6.38. The molecule has 0 N–H and O–H groups in total. The zero-order valence-corrected chi connectivity index (χ0v) is 18.9. The monoisotopic (exact) mass is 454 g/mol. The van der Waals surface area contributed by atoms with Crippen molar-refractivity contribution < 1.29 is 17.5 Å². The van der Waals surface area contributed by atoms with Crippen molar-refractivity contribution in [2.24, 2.45) is 0 Å². The van der Waals surface area contributed by atoms with Crippen LogP contribution < -0.4 is 4.74 Å². The summed E-state index contributed by atoms with van der Waals surface area (Å²) in [4.78, 5) is 4.61. The molecule has 0 amide bonds. The van der Waals surface area contributed by atoms with Crippen molar-refractivity contribution >= 4 is 21.0 Å². The van der Waals surface area contributed by atoms with Gasteiger partial charge in [-0.15, -0.1) is 5.10 Å². The second-order valence-electron chi connectivity index (χ2n) is 7.15. The number of hydrogen-bond donors (Lipinski definition) is 0. The van der Waals surface area contributed by atoms with E-state index < -0.39 is 15.7 Å². The normalized spacial score (nSPS) is 11.8. The molecular weight excluding hydrogens is 431 g/mol. The van der Waals surface area contributed by atoms with E-state index in [0.717, 1.165) is 11.1 Å². The predicted molar refractivity (Wildman–Crippen MR) is 121 cm³/mol. The van der Waals surface area contributed by atoms with Crippen LogP contribution in [0.3, 0.4) is 0 Å². The van der Waals surface area contributed by atoms with Crippen molar-refractivity contribution in [3.63, 3.8) is 0 Å². The standard InChI is InChI=1S/C23H23FN4O3S/c1-4-28-14-25-22-19(13-26-27-23(22)28)15-7-10-20(24)18(11-15)17-9-8-16(32(29,30)6-3)12-21(17)31-5-2/h7-14H,4-6H2,1-3H3. The maximum absolute atomic E-state index is 14.9. The maximum Gasteiger partial charge on any atom is 0.183 e. The number of halogens is 1. The van der Waals surface area contributed by atoms with E-state index in [1.807, 2.05) is 11.5 Å². The smallest absolute Gasteiger partial charge is 0.183 e. The Morgan fingerprint density at radius 1 is 1.03 bits per heavy atom. The average molecular weight is 455 g/mol. The Hall–Kier alpha value is -3.33. The topological polar surface area (TPSA) is 87.0 Å². The zero-order valence-electron chi connectivity index (χ0n) is 18.0. The first-order valence-corrected chi connectivity index (χ1v) is 12.0. The number of ether oxygens (including phenoxy) is 1. The largest absolute Gasteiger partial charge is 0.493 e. The molecule has 0 radical (unpaired) electrons. The van der Waals surface area contributed by atoms with E-state index in [4.69, 9.17) is 4.74 Å². The number of sulfone groups is 1. The fourth-order valence-electron chi connectivity index (χ4n) is 3.58. The summed E-state index contributed by atoms with van der Waals surface area (Å²) in [5.74, 6) is -0.165. The molecule has 0 unspecified atom stereocenters. The first kappa shape index (κ1) is 21.9. The Bertz CT molecular complexity index is 1400. The molecule has 0 aliphatic carbocycles.